The summed E-state index contributed by atoms with van der Waals surface area (Å²) in [4.78, 5) is 12.6. The molecule has 2 aromatic rings. The molecule has 1 aromatic carbocycles. The van der Waals surface area contributed by atoms with Crippen LogP contribution < -0.4 is 4.74 Å². The fourth-order valence-electron chi connectivity index (χ4n) is 2.35. The molecule has 24 heavy (non-hydrogen) atoms. The van der Waals surface area contributed by atoms with Gasteiger partial charge in [0.1, 0.15) is 18.4 Å². The van der Waals surface area contributed by atoms with E-state index in [9.17, 15) is 15.2 Å². The number of rotatable bonds is 9. The van der Waals surface area contributed by atoms with Gasteiger partial charge in [-0.3, -0.25) is 10.1 Å². The van der Waals surface area contributed by atoms with Gasteiger partial charge >= 0.3 is 0 Å². The molecular formula is C16H22N4O4. The zero-order valence-corrected chi connectivity index (χ0v) is 13.8. The Hall–Kier alpha value is -2.45. The van der Waals surface area contributed by atoms with Crippen LogP contribution in [0.1, 0.15) is 13.8 Å². The third-order valence-electron chi connectivity index (χ3n) is 3.70. The number of aliphatic hydroxyl groups is 1. The van der Waals surface area contributed by atoms with Crippen LogP contribution in [0.3, 0.4) is 0 Å². The van der Waals surface area contributed by atoms with E-state index in [0.717, 1.165) is 13.1 Å². The lowest BCUT2D eigenvalue weighted by atomic mass is 10.2. The largest absolute Gasteiger partial charge is 0.488 e. The number of aromatic nitrogens is 2. The van der Waals surface area contributed by atoms with Gasteiger partial charge in [0.15, 0.2) is 5.75 Å². The van der Waals surface area contributed by atoms with Crippen LogP contribution in [0.4, 0.5) is 5.69 Å². The number of aliphatic hydroxyl groups excluding tert-OH is 1. The maximum atomic E-state index is 11.0. The highest BCUT2D eigenvalue weighted by Crippen LogP contribution is 2.27. The quantitative estimate of drug-likeness (QED) is 0.556. The molecule has 0 fully saturated rings. The predicted octanol–water partition coefficient (Wildman–Crippen LogP) is 1.86. The first-order valence-corrected chi connectivity index (χ1v) is 7.86. The first kappa shape index (κ1) is 17.9. The number of nitrogens with zero attached hydrogens (tertiary/aromatic N) is 4. The second kappa shape index (κ2) is 8.42. The van der Waals surface area contributed by atoms with E-state index in [-0.39, 0.29) is 12.3 Å². The van der Waals surface area contributed by atoms with E-state index in [1.54, 1.807) is 29.2 Å². The van der Waals surface area contributed by atoms with Gasteiger partial charge in [-0.15, -0.1) is 0 Å². The number of non-ortho nitro benzene ring substituents is 1. The molecule has 1 N–H and O–H groups in total. The number of likely N-dealkylation sites (N-methyl/N-ethyl adjacent to an activating group) is 1. The molecule has 0 aliphatic rings. The van der Waals surface area contributed by atoms with E-state index in [1.165, 1.54) is 12.1 Å². The molecule has 8 heteroatoms. The maximum absolute atomic E-state index is 11.0. The Balaban J connectivity index is 2.15. The molecule has 0 saturated heterocycles. The smallest absolute Gasteiger partial charge is 0.273 e. The zero-order chi connectivity index (χ0) is 17.5. The van der Waals surface area contributed by atoms with Crippen molar-refractivity contribution in [2.45, 2.75) is 20.0 Å². The fourth-order valence-corrected chi connectivity index (χ4v) is 2.35. The van der Waals surface area contributed by atoms with E-state index in [4.69, 9.17) is 4.74 Å². The predicted molar refractivity (Wildman–Crippen MR) is 89.5 cm³/mol. The standard InChI is InChI=1S/C16H22N4O4/c1-3-18(4-2)11-14(21)12-24-16-10-13(20(22)23)6-7-15(16)19-9-5-8-17-19/h5-10,14,21H,3-4,11-12H2,1-2H3. The minimum atomic E-state index is -0.686. The van der Waals surface area contributed by atoms with Crippen LogP contribution in [0.15, 0.2) is 36.7 Å². The van der Waals surface area contributed by atoms with Crippen molar-refractivity contribution in [1.82, 2.24) is 14.7 Å². The summed E-state index contributed by atoms with van der Waals surface area (Å²) in [5.41, 5.74) is 0.514. The Kier molecular flexibility index (Phi) is 6.28. The summed E-state index contributed by atoms with van der Waals surface area (Å²) in [5, 5.41) is 25.2. The summed E-state index contributed by atoms with van der Waals surface area (Å²) >= 11 is 0. The van der Waals surface area contributed by atoms with Crippen LogP contribution in [0.25, 0.3) is 5.69 Å². The number of hydrogen-bond donors (Lipinski definition) is 1. The third-order valence-corrected chi connectivity index (χ3v) is 3.70. The maximum Gasteiger partial charge on any atom is 0.273 e. The van der Waals surface area contributed by atoms with Crippen molar-refractivity contribution in [2.75, 3.05) is 26.2 Å². The van der Waals surface area contributed by atoms with Crippen LogP contribution in [-0.4, -0.2) is 57.1 Å². The Morgan fingerprint density at radius 2 is 2.17 bits per heavy atom. The Bertz CT molecular complexity index is 656. The topological polar surface area (TPSA) is 93.7 Å². The molecule has 0 aliphatic carbocycles. The molecule has 0 aliphatic heterocycles. The molecule has 1 unspecified atom stereocenters. The summed E-state index contributed by atoms with van der Waals surface area (Å²) in [6.07, 6.45) is 2.65. The van der Waals surface area contributed by atoms with Gasteiger partial charge in [-0.1, -0.05) is 13.8 Å². The first-order chi connectivity index (χ1) is 11.5. The zero-order valence-electron chi connectivity index (χ0n) is 13.8. The van der Waals surface area contributed by atoms with Crippen molar-refractivity contribution in [3.63, 3.8) is 0 Å². The van der Waals surface area contributed by atoms with Crippen LogP contribution >= 0.6 is 0 Å². The Morgan fingerprint density at radius 1 is 1.42 bits per heavy atom. The number of nitro groups is 1. The molecule has 2 rings (SSSR count). The van der Waals surface area contributed by atoms with Gasteiger partial charge in [-0.05, 0) is 25.2 Å². The van der Waals surface area contributed by atoms with Gasteiger partial charge in [0.2, 0.25) is 0 Å². The summed E-state index contributed by atoms with van der Waals surface area (Å²) in [6, 6.07) is 6.08. The summed E-state index contributed by atoms with van der Waals surface area (Å²) in [5.74, 6) is 0.312. The van der Waals surface area contributed by atoms with Crippen LogP contribution in [0, 0.1) is 10.1 Å². The van der Waals surface area contributed by atoms with Gasteiger partial charge in [-0.25, -0.2) is 4.68 Å². The third kappa shape index (κ3) is 4.53. The van der Waals surface area contributed by atoms with Crippen molar-refractivity contribution in [1.29, 1.82) is 0 Å². The van der Waals surface area contributed by atoms with E-state index in [1.807, 2.05) is 13.8 Å². The first-order valence-electron chi connectivity index (χ1n) is 7.86. The average molecular weight is 334 g/mol. The molecular weight excluding hydrogens is 312 g/mol. The van der Waals surface area contributed by atoms with Crippen LogP contribution in [0.2, 0.25) is 0 Å². The van der Waals surface area contributed by atoms with Gasteiger partial charge < -0.3 is 14.7 Å². The highest BCUT2D eigenvalue weighted by atomic mass is 16.6. The fraction of sp³-hybridized carbons (Fsp3) is 0.438. The highest BCUT2D eigenvalue weighted by molar-refractivity contribution is 5.52. The van der Waals surface area contributed by atoms with Gasteiger partial charge in [0.25, 0.3) is 5.69 Å². The minimum Gasteiger partial charge on any atom is -0.488 e. The molecule has 0 amide bonds. The molecule has 8 nitrogen and oxygen atoms in total. The lowest BCUT2D eigenvalue weighted by Gasteiger charge is -2.22. The molecule has 0 bridgehead atoms. The van der Waals surface area contributed by atoms with Gasteiger partial charge in [0, 0.05) is 25.0 Å². The van der Waals surface area contributed by atoms with Crippen molar-refractivity contribution >= 4 is 5.69 Å². The molecule has 0 spiro atoms. The molecule has 1 atom stereocenters. The SMILES string of the molecule is CCN(CC)CC(O)COc1cc([N+](=O)[O-])ccc1-n1cccn1. The summed E-state index contributed by atoms with van der Waals surface area (Å²) in [6.45, 7) is 6.25. The van der Waals surface area contributed by atoms with Gasteiger partial charge in [-0.2, -0.15) is 5.10 Å². The van der Waals surface area contributed by atoms with E-state index in [2.05, 4.69) is 10.00 Å². The van der Waals surface area contributed by atoms with Gasteiger partial charge in [0.05, 0.1) is 11.0 Å². The van der Waals surface area contributed by atoms with E-state index in [0.29, 0.717) is 18.0 Å². The van der Waals surface area contributed by atoms with E-state index >= 15 is 0 Å². The number of nitro benzene ring substituents is 1. The Labute approximate surface area is 140 Å². The van der Waals surface area contributed by atoms with Crippen LogP contribution in [-0.2, 0) is 0 Å². The minimum absolute atomic E-state index is 0.0476. The monoisotopic (exact) mass is 334 g/mol. The second-order valence-electron chi connectivity index (χ2n) is 5.31. The highest BCUT2D eigenvalue weighted by Gasteiger charge is 2.16. The van der Waals surface area contributed by atoms with E-state index < -0.39 is 11.0 Å². The van der Waals surface area contributed by atoms with Crippen molar-refractivity contribution in [3.8, 4) is 11.4 Å². The number of benzene rings is 1. The van der Waals surface area contributed by atoms with Crippen LogP contribution in [0.5, 0.6) is 5.75 Å². The normalized spacial score (nSPS) is 12.3. The summed E-state index contributed by atoms with van der Waals surface area (Å²) < 4.78 is 7.23. The van der Waals surface area contributed by atoms with Crippen molar-refractivity contribution in [2.24, 2.45) is 0 Å². The molecule has 0 saturated carbocycles. The number of hydrogen-bond acceptors (Lipinski definition) is 6. The summed E-state index contributed by atoms with van der Waals surface area (Å²) in [7, 11) is 0. The average Bonchev–Trinajstić information content (AvgIpc) is 3.11. The number of ether oxygens (including phenoxy) is 1. The van der Waals surface area contributed by atoms with Crippen molar-refractivity contribution < 1.29 is 14.8 Å². The Morgan fingerprint density at radius 3 is 2.75 bits per heavy atom. The van der Waals surface area contributed by atoms with Crippen molar-refractivity contribution in [3.05, 3.63) is 46.8 Å². The second-order valence-corrected chi connectivity index (χ2v) is 5.31. The molecule has 1 heterocycles. The lowest BCUT2D eigenvalue weighted by Crippen LogP contribution is -2.35. The molecule has 0 radical (unpaired) electrons. The molecule has 1 aromatic heterocycles. The lowest BCUT2D eigenvalue weighted by molar-refractivity contribution is -0.384. The molecule has 130 valence electrons.